The number of aliphatic hydroxyl groups is 1. The number of pyridine rings is 1. The summed E-state index contributed by atoms with van der Waals surface area (Å²) in [6.07, 6.45) is 1.54. The Morgan fingerprint density at radius 2 is 2.50 bits per heavy atom. The largest absolute Gasteiger partial charge is 0.468 e. The van der Waals surface area contributed by atoms with Crippen molar-refractivity contribution in [3.8, 4) is 0 Å². The first kappa shape index (κ1) is 13.3. The highest BCUT2D eigenvalue weighted by atomic mass is 35.5. The van der Waals surface area contributed by atoms with Gasteiger partial charge in [0.1, 0.15) is 11.2 Å². The van der Waals surface area contributed by atoms with E-state index in [1.807, 2.05) is 11.0 Å². The average molecular weight is 271 g/mol. The van der Waals surface area contributed by atoms with Gasteiger partial charge in [-0.25, -0.2) is 4.98 Å². The Morgan fingerprint density at radius 3 is 3.17 bits per heavy atom. The van der Waals surface area contributed by atoms with E-state index in [-0.39, 0.29) is 5.97 Å². The summed E-state index contributed by atoms with van der Waals surface area (Å²) in [6, 6.07) is 3.20. The lowest BCUT2D eigenvalue weighted by molar-refractivity contribution is -0.146. The normalized spacial score (nSPS) is 24.2. The molecule has 1 saturated heterocycles. The molecule has 0 bridgehead atoms. The molecule has 0 aliphatic carbocycles. The van der Waals surface area contributed by atoms with Gasteiger partial charge < -0.3 is 9.84 Å². The molecule has 0 radical (unpaired) electrons. The number of rotatable bonds is 3. The van der Waals surface area contributed by atoms with E-state index in [4.69, 9.17) is 16.3 Å². The molecule has 1 aliphatic heterocycles. The number of aromatic nitrogens is 1. The van der Waals surface area contributed by atoms with Crippen LogP contribution >= 0.6 is 11.6 Å². The molecule has 0 aromatic carbocycles. The molecule has 1 aliphatic rings. The van der Waals surface area contributed by atoms with Crippen molar-refractivity contribution in [1.82, 2.24) is 9.88 Å². The van der Waals surface area contributed by atoms with Gasteiger partial charge >= 0.3 is 5.97 Å². The number of hydrogen-bond donors (Lipinski definition) is 1. The van der Waals surface area contributed by atoms with Crippen LogP contribution in [0.1, 0.15) is 12.0 Å². The molecule has 1 N–H and O–H groups in total. The van der Waals surface area contributed by atoms with Crippen LogP contribution in [0.4, 0.5) is 0 Å². The molecule has 0 amide bonds. The Morgan fingerprint density at radius 1 is 1.72 bits per heavy atom. The third-order valence-corrected chi connectivity index (χ3v) is 3.24. The summed E-state index contributed by atoms with van der Waals surface area (Å²) in [7, 11) is 1.36. The van der Waals surface area contributed by atoms with Crippen LogP contribution in [0.15, 0.2) is 18.3 Å². The lowest BCUT2D eigenvalue weighted by Crippen LogP contribution is -2.36. The van der Waals surface area contributed by atoms with E-state index in [0.717, 1.165) is 5.56 Å². The number of carbonyl (C=O) groups is 1. The molecule has 18 heavy (non-hydrogen) atoms. The summed E-state index contributed by atoms with van der Waals surface area (Å²) in [5, 5.41) is 10.1. The monoisotopic (exact) mass is 270 g/mol. The Labute approximate surface area is 110 Å². The standard InChI is InChI=1S/C12H15ClN2O3/c1-18-12(17)10-5-9(16)7-15(10)6-8-2-3-14-11(13)4-8/h2-4,9-10,16H,5-7H2,1H3. The minimum Gasteiger partial charge on any atom is -0.468 e. The van der Waals surface area contributed by atoms with Crippen LogP contribution in [-0.4, -0.2) is 46.8 Å². The fourth-order valence-corrected chi connectivity index (χ4v) is 2.41. The van der Waals surface area contributed by atoms with Gasteiger partial charge in [-0.15, -0.1) is 0 Å². The summed E-state index contributed by atoms with van der Waals surface area (Å²) in [5.74, 6) is -0.313. The Kier molecular flexibility index (Phi) is 4.16. The topological polar surface area (TPSA) is 62.7 Å². The van der Waals surface area contributed by atoms with Crippen molar-refractivity contribution < 1.29 is 14.6 Å². The molecule has 2 unspecified atom stereocenters. The van der Waals surface area contributed by atoms with E-state index in [2.05, 4.69) is 4.98 Å². The van der Waals surface area contributed by atoms with Crippen molar-refractivity contribution in [2.45, 2.75) is 25.1 Å². The van der Waals surface area contributed by atoms with E-state index < -0.39 is 12.1 Å². The molecule has 1 aromatic heterocycles. The smallest absolute Gasteiger partial charge is 0.323 e. The molecule has 1 fully saturated rings. The van der Waals surface area contributed by atoms with E-state index in [1.54, 1.807) is 12.3 Å². The molecule has 2 atom stereocenters. The Hall–Kier alpha value is -1.17. The van der Waals surface area contributed by atoms with Crippen molar-refractivity contribution >= 4 is 17.6 Å². The number of likely N-dealkylation sites (tertiary alicyclic amines) is 1. The number of methoxy groups -OCH3 is 1. The number of ether oxygens (including phenoxy) is 1. The van der Waals surface area contributed by atoms with Gasteiger partial charge in [-0.05, 0) is 17.7 Å². The summed E-state index contributed by atoms with van der Waals surface area (Å²) in [4.78, 5) is 17.4. The van der Waals surface area contributed by atoms with E-state index in [0.29, 0.717) is 24.7 Å². The van der Waals surface area contributed by atoms with Crippen molar-refractivity contribution in [2.24, 2.45) is 0 Å². The zero-order valence-corrected chi connectivity index (χ0v) is 10.8. The number of nitrogens with zero attached hydrogens (tertiary/aromatic N) is 2. The van der Waals surface area contributed by atoms with Crippen LogP contribution in [0.5, 0.6) is 0 Å². The van der Waals surface area contributed by atoms with Crippen LogP contribution in [0.25, 0.3) is 0 Å². The van der Waals surface area contributed by atoms with E-state index in [9.17, 15) is 9.90 Å². The number of hydrogen-bond acceptors (Lipinski definition) is 5. The van der Waals surface area contributed by atoms with Crippen LogP contribution < -0.4 is 0 Å². The van der Waals surface area contributed by atoms with Gasteiger partial charge in [0.15, 0.2) is 0 Å². The lowest BCUT2D eigenvalue weighted by atomic mass is 10.2. The molecule has 0 spiro atoms. The first-order valence-corrected chi connectivity index (χ1v) is 6.08. The number of β-amino-alcohol motifs (C(OH)–C–C–N with tert-alkyl or cyclic N) is 1. The van der Waals surface area contributed by atoms with Crippen LogP contribution in [-0.2, 0) is 16.1 Å². The number of esters is 1. The number of aliphatic hydroxyl groups excluding tert-OH is 1. The molecule has 2 rings (SSSR count). The second kappa shape index (κ2) is 5.65. The van der Waals surface area contributed by atoms with E-state index in [1.165, 1.54) is 7.11 Å². The van der Waals surface area contributed by atoms with Crippen molar-refractivity contribution in [2.75, 3.05) is 13.7 Å². The average Bonchev–Trinajstić information content (AvgIpc) is 2.69. The predicted octanol–water partition coefficient (Wildman–Crippen LogP) is 0.843. The van der Waals surface area contributed by atoms with Crippen LogP contribution in [0.2, 0.25) is 5.15 Å². The highest BCUT2D eigenvalue weighted by Crippen LogP contribution is 2.22. The molecule has 5 nitrogen and oxygen atoms in total. The highest BCUT2D eigenvalue weighted by Gasteiger charge is 2.36. The van der Waals surface area contributed by atoms with E-state index >= 15 is 0 Å². The minimum atomic E-state index is -0.494. The van der Waals surface area contributed by atoms with Gasteiger partial charge in [0.2, 0.25) is 0 Å². The summed E-state index contributed by atoms with van der Waals surface area (Å²) < 4.78 is 4.74. The zero-order chi connectivity index (χ0) is 13.1. The van der Waals surface area contributed by atoms with Gasteiger partial charge in [-0.3, -0.25) is 9.69 Å². The number of carbonyl (C=O) groups excluding carboxylic acids is 1. The third-order valence-electron chi connectivity index (χ3n) is 3.03. The molecule has 2 heterocycles. The van der Waals surface area contributed by atoms with Crippen molar-refractivity contribution in [1.29, 1.82) is 0 Å². The molecule has 98 valence electrons. The Bertz CT molecular complexity index is 441. The quantitative estimate of drug-likeness (QED) is 0.652. The maximum atomic E-state index is 11.6. The van der Waals surface area contributed by atoms with Gasteiger partial charge in [0.05, 0.1) is 13.2 Å². The van der Waals surface area contributed by atoms with Crippen LogP contribution in [0.3, 0.4) is 0 Å². The fourth-order valence-electron chi connectivity index (χ4n) is 2.21. The first-order valence-electron chi connectivity index (χ1n) is 5.70. The van der Waals surface area contributed by atoms with Crippen molar-refractivity contribution in [3.05, 3.63) is 29.0 Å². The maximum Gasteiger partial charge on any atom is 0.323 e. The summed E-state index contributed by atoms with van der Waals surface area (Å²) >= 11 is 5.81. The first-order chi connectivity index (χ1) is 8.60. The fraction of sp³-hybridized carbons (Fsp3) is 0.500. The highest BCUT2D eigenvalue weighted by molar-refractivity contribution is 6.29. The molecule has 6 heteroatoms. The second-order valence-electron chi connectivity index (χ2n) is 4.34. The zero-order valence-electron chi connectivity index (χ0n) is 10.0. The van der Waals surface area contributed by atoms with Gasteiger partial charge in [-0.1, -0.05) is 11.6 Å². The molecule has 0 saturated carbocycles. The molecular weight excluding hydrogens is 256 g/mol. The van der Waals surface area contributed by atoms with Crippen molar-refractivity contribution in [3.63, 3.8) is 0 Å². The number of halogens is 1. The summed E-state index contributed by atoms with van der Waals surface area (Å²) in [5.41, 5.74) is 0.956. The molecular formula is C12H15ClN2O3. The van der Waals surface area contributed by atoms with Gasteiger partial charge in [0, 0.05) is 25.7 Å². The molecule has 1 aromatic rings. The van der Waals surface area contributed by atoms with Crippen LogP contribution in [0, 0.1) is 0 Å². The lowest BCUT2D eigenvalue weighted by Gasteiger charge is -2.21. The predicted molar refractivity (Wildman–Crippen MR) is 66.1 cm³/mol. The van der Waals surface area contributed by atoms with Gasteiger partial charge in [-0.2, -0.15) is 0 Å². The Balaban J connectivity index is 2.09. The maximum absolute atomic E-state index is 11.6. The minimum absolute atomic E-state index is 0.313. The summed E-state index contributed by atoms with van der Waals surface area (Å²) in [6.45, 7) is 0.999. The second-order valence-corrected chi connectivity index (χ2v) is 4.73. The SMILES string of the molecule is COC(=O)C1CC(O)CN1Cc1ccnc(Cl)c1. The van der Waals surface area contributed by atoms with Gasteiger partial charge in [0.25, 0.3) is 0 Å². The third kappa shape index (κ3) is 2.98.